The van der Waals surface area contributed by atoms with Crippen molar-refractivity contribution in [2.24, 2.45) is 0 Å². The van der Waals surface area contributed by atoms with Crippen LogP contribution in [0.15, 0.2) is 41.3 Å². The Balaban J connectivity index is 2.36. The Kier molecular flexibility index (Phi) is 3.61. The minimum absolute atomic E-state index is 0.318. The molecule has 20 heavy (non-hydrogen) atoms. The summed E-state index contributed by atoms with van der Waals surface area (Å²) in [4.78, 5) is 11.8. The van der Waals surface area contributed by atoms with Crippen molar-refractivity contribution in [1.82, 2.24) is 4.57 Å². The van der Waals surface area contributed by atoms with Crippen molar-refractivity contribution < 1.29 is 17.9 Å². The van der Waals surface area contributed by atoms with Crippen LogP contribution in [0.25, 0.3) is 5.69 Å². The predicted octanol–water partition coefficient (Wildman–Crippen LogP) is 1.84. The molecule has 0 aliphatic heterocycles. The van der Waals surface area contributed by atoms with E-state index in [4.69, 9.17) is 7.85 Å². The van der Waals surface area contributed by atoms with E-state index in [-0.39, 0.29) is 11.3 Å². The quantitative estimate of drug-likeness (QED) is 0.785. The van der Waals surface area contributed by atoms with Crippen LogP contribution in [-0.2, 0) is 0 Å². The minimum Gasteiger partial charge on any atom is -0.406 e. The Hall–Kier alpha value is -2.18. The third kappa shape index (κ3) is 3.23. The maximum atomic E-state index is 12.0. The van der Waals surface area contributed by atoms with Crippen LogP contribution in [0.5, 0.6) is 5.75 Å². The normalized spacial score (nSPS) is 11.4. The number of hydrogen-bond donors (Lipinski definition) is 0. The van der Waals surface area contributed by atoms with E-state index in [0.717, 1.165) is 12.1 Å². The first-order chi connectivity index (χ1) is 9.26. The zero-order valence-corrected chi connectivity index (χ0v) is 10.4. The molecule has 1 heterocycles. The Morgan fingerprint density at radius 3 is 2.35 bits per heavy atom. The predicted molar refractivity (Wildman–Crippen MR) is 68.8 cm³/mol. The molecule has 102 valence electrons. The number of alkyl halides is 3. The molecule has 0 aliphatic carbocycles. The van der Waals surface area contributed by atoms with E-state index >= 15 is 0 Å². The SMILES string of the molecule is [B]c1cn(-c2ccc(OC(F)(F)F)cc2)c(=O)cc1C. The fourth-order valence-electron chi connectivity index (χ4n) is 1.65. The van der Waals surface area contributed by atoms with E-state index in [1.54, 1.807) is 6.92 Å². The van der Waals surface area contributed by atoms with E-state index in [1.807, 2.05) is 0 Å². The van der Waals surface area contributed by atoms with Gasteiger partial charge in [0.25, 0.3) is 5.56 Å². The first kappa shape index (κ1) is 14.2. The number of ether oxygens (including phenoxy) is 1. The number of halogens is 3. The summed E-state index contributed by atoms with van der Waals surface area (Å²) in [7, 11) is 5.71. The number of aryl methyl sites for hydroxylation is 1. The standard InChI is InChI=1S/C13H9BF3NO2/c1-8-6-12(19)18(7-11(8)14)9-2-4-10(5-3-9)20-13(15,16)17/h2-7H,1H3. The van der Waals surface area contributed by atoms with Gasteiger partial charge in [-0.3, -0.25) is 9.36 Å². The second-order valence-electron chi connectivity index (χ2n) is 4.16. The Bertz CT molecular complexity index is 677. The smallest absolute Gasteiger partial charge is 0.406 e. The van der Waals surface area contributed by atoms with Gasteiger partial charge in [0.05, 0.1) is 0 Å². The van der Waals surface area contributed by atoms with Crippen LogP contribution >= 0.6 is 0 Å². The first-order valence-corrected chi connectivity index (χ1v) is 5.61. The molecule has 7 heteroatoms. The van der Waals surface area contributed by atoms with Crippen LogP contribution in [0.3, 0.4) is 0 Å². The molecule has 2 aromatic rings. The van der Waals surface area contributed by atoms with Gasteiger partial charge in [0.2, 0.25) is 0 Å². The Morgan fingerprint density at radius 2 is 1.80 bits per heavy atom. The van der Waals surface area contributed by atoms with Crippen LogP contribution in [0.2, 0.25) is 0 Å². The molecule has 0 amide bonds. The molecule has 1 aromatic carbocycles. The van der Waals surface area contributed by atoms with Crippen molar-refractivity contribution in [1.29, 1.82) is 0 Å². The van der Waals surface area contributed by atoms with Gasteiger partial charge in [-0.05, 0) is 31.2 Å². The maximum absolute atomic E-state index is 12.0. The van der Waals surface area contributed by atoms with E-state index in [1.165, 1.54) is 29.0 Å². The minimum atomic E-state index is -4.74. The zero-order chi connectivity index (χ0) is 14.9. The lowest BCUT2D eigenvalue weighted by atomic mass is 9.93. The fourth-order valence-corrected chi connectivity index (χ4v) is 1.65. The third-order valence-electron chi connectivity index (χ3n) is 2.65. The van der Waals surface area contributed by atoms with Crippen molar-refractivity contribution >= 4 is 13.3 Å². The summed E-state index contributed by atoms with van der Waals surface area (Å²) in [6.45, 7) is 1.70. The average Bonchev–Trinajstić information content (AvgIpc) is 2.33. The van der Waals surface area contributed by atoms with Gasteiger partial charge in [0, 0.05) is 18.0 Å². The molecule has 0 unspecified atom stereocenters. The highest BCUT2D eigenvalue weighted by Gasteiger charge is 2.30. The molecule has 0 spiro atoms. The third-order valence-corrected chi connectivity index (χ3v) is 2.65. The fraction of sp³-hybridized carbons (Fsp3) is 0.154. The largest absolute Gasteiger partial charge is 0.573 e. The highest BCUT2D eigenvalue weighted by molar-refractivity contribution is 6.33. The Labute approximate surface area is 114 Å². The van der Waals surface area contributed by atoms with Crippen LogP contribution in [0, 0.1) is 6.92 Å². The molecular weight excluding hydrogens is 270 g/mol. The zero-order valence-electron chi connectivity index (χ0n) is 10.4. The van der Waals surface area contributed by atoms with E-state index in [2.05, 4.69) is 4.74 Å². The number of hydrogen-bond acceptors (Lipinski definition) is 2. The molecular formula is C13H9BF3NO2. The first-order valence-electron chi connectivity index (χ1n) is 5.61. The number of rotatable bonds is 2. The van der Waals surface area contributed by atoms with Crippen LogP contribution in [-0.4, -0.2) is 18.8 Å². The van der Waals surface area contributed by atoms with Gasteiger partial charge in [-0.15, -0.1) is 13.2 Å². The summed E-state index contributed by atoms with van der Waals surface area (Å²) in [5.41, 5.74) is 1.14. The highest BCUT2D eigenvalue weighted by Crippen LogP contribution is 2.23. The number of aromatic nitrogens is 1. The average molecular weight is 279 g/mol. The van der Waals surface area contributed by atoms with Crippen molar-refractivity contribution in [3.8, 4) is 11.4 Å². The molecule has 0 bridgehead atoms. The molecule has 0 saturated heterocycles. The molecule has 0 fully saturated rings. The van der Waals surface area contributed by atoms with Gasteiger partial charge in [-0.1, -0.05) is 11.0 Å². The summed E-state index contributed by atoms with van der Waals surface area (Å²) >= 11 is 0. The molecule has 1 aromatic heterocycles. The van der Waals surface area contributed by atoms with Crippen molar-refractivity contribution in [3.05, 3.63) is 52.4 Å². The Morgan fingerprint density at radius 1 is 1.20 bits per heavy atom. The lowest BCUT2D eigenvalue weighted by Gasteiger charge is -2.11. The van der Waals surface area contributed by atoms with Crippen LogP contribution < -0.4 is 15.8 Å². The molecule has 0 saturated carbocycles. The maximum Gasteiger partial charge on any atom is 0.573 e. The number of nitrogens with zero attached hydrogens (tertiary/aromatic N) is 1. The number of pyridine rings is 1. The van der Waals surface area contributed by atoms with Gasteiger partial charge in [0.15, 0.2) is 0 Å². The molecule has 3 nitrogen and oxygen atoms in total. The van der Waals surface area contributed by atoms with Crippen LogP contribution in [0.1, 0.15) is 5.56 Å². The van der Waals surface area contributed by atoms with Gasteiger partial charge in [-0.2, -0.15) is 0 Å². The van der Waals surface area contributed by atoms with E-state index in [0.29, 0.717) is 16.7 Å². The highest BCUT2D eigenvalue weighted by atomic mass is 19.4. The summed E-state index contributed by atoms with van der Waals surface area (Å²) in [5.74, 6) is -0.352. The van der Waals surface area contributed by atoms with Crippen molar-refractivity contribution in [2.75, 3.05) is 0 Å². The second-order valence-corrected chi connectivity index (χ2v) is 4.16. The summed E-state index contributed by atoms with van der Waals surface area (Å²) in [5, 5.41) is 0. The number of benzene rings is 1. The summed E-state index contributed by atoms with van der Waals surface area (Å²) < 4.78 is 41.1. The van der Waals surface area contributed by atoms with Gasteiger partial charge < -0.3 is 4.74 Å². The molecule has 2 radical (unpaired) electrons. The molecule has 0 aliphatic rings. The molecule has 2 rings (SSSR count). The van der Waals surface area contributed by atoms with Gasteiger partial charge in [-0.25, -0.2) is 0 Å². The summed E-state index contributed by atoms with van der Waals surface area (Å²) in [6, 6.07) is 6.31. The van der Waals surface area contributed by atoms with Crippen molar-refractivity contribution in [3.63, 3.8) is 0 Å². The topological polar surface area (TPSA) is 31.2 Å². The second kappa shape index (κ2) is 5.07. The van der Waals surface area contributed by atoms with E-state index < -0.39 is 6.36 Å². The lowest BCUT2D eigenvalue weighted by Crippen LogP contribution is -2.24. The summed E-state index contributed by atoms with van der Waals surface area (Å²) in [6.07, 6.45) is -3.32. The van der Waals surface area contributed by atoms with Gasteiger partial charge >= 0.3 is 6.36 Å². The van der Waals surface area contributed by atoms with Gasteiger partial charge in [0.1, 0.15) is 13.6 Å². The van der Waals surface area contributed by atoms with Crippen LogP contribution in [0.4, 0.5) is 13.2 Å². The van der Waals surface area contributed by atoms with Crippen molar-refractivity contribution in [2.45, 2.75) is 13.3 Å². The lowest BCUT2D eigenvalue weighted by molar-refractivity contribution is -0.274. The monoisotopic (exact) mass is 279 g/mol. The van der Waals surface area contributed by atoms with E-state index in [9.17, 15) is 18.0 Å². The molecule has 0 N–H and O–H groups in total. The molecule has 0 atom stereocenters.